The van der Waals surface area contributed by atoms with E-state index in [1.807, 2.05) is 0 Å². The summed E-state index contributed by atoms with van der Waals surface area (Å²) in [6.45, 7) is -0.541. The minimum absolute atomic E-state index is 0. The van der Waals surface area contributed by atoms with Crippen LogP contribution in [0.15, 0.2) is 41.2 Å². The van der Waals surface area contributed by atoms with Crippen LogP contribution in [0.2, 0.25) is 0 Å². The third kappa shape index (κ3) is 4.97. The van der Waals surface area contributed by atoms with Crippen molar-refractivity contribution in [2.24, 2.45) is 0 Å². The van der Waals surface area contributed by atoms with Crippen molar-refractivity contribution < 1.29 is 51.0 Å². The van der Waals surface area contributed by atoms with E-state index in [9.17, 15) is 13.6 Å². The van der Waals surface area contributed by atoms with E-state index >= 15 is 0 Å². The molecule has 1 radical (unpaired) electrons. The molecule has 0 atom stereocenters. The maximum Gasteiger partial charge on any atom is 0.256 e. The fraction of sp³-hybridized carbons (Fsp3) is 0.267. The van der Waals surface area contributed by atoms with E-state index in [4.69, 9.17) is 9.47 Å². The molecule has 0 aliphatic rings. The topological polar surface area (TPSA) is 40.5 Å². The Labute approximate surface area is 151 Å². The quantitative estimate of drug-likeness (QED) is 0.569. The predicted molar refractivity (Wildman–Crippen MR) is 73.5 cm³/mol. The van der Waals surface area contributed by atoms with E-state index in [2.05, 4.69) is 6.07 Å². The first kappa shape index (κ1) is 18.9. The molecule has 1 heterocycles. The zero-order valence-corrected chi connectivity index (χ0v) is 14.8. The number of methoxy groups -OCH3 is 1. The Bertz CT molecular complexity index is 644. The van der Waals surface area contributed by atoms with Crippen LogP contribution in [-0.2, 0) is 44.0 Å². The van der Waals surface area contributed by atoms with Crippen LogP contribution in [0.4, 0.5) is 8.78 Å². The van der Waals surface area contributed by atoms with Gasteiger partial charge in [-0.15, -0.1) is 12.1 Å². The van der Waals surface area contributed by atoms with Gasteiger partial charge >= 0.3 is 0 Å². The number of alkyl halides is 2. The summed E-state index contributed by atoms with van der Waals surface area (Å²) >= 11 is 0. The van der Waals surface area contributed by atoms with Gasteiger partial charge in [0.15, 0.2) is 12.4 Å². The number of halogens is 2. The minimum atomic E-state index is -2.61. The molecule has 2 rings (SSSR count). The first-order valence-electron chi connectivity index (χ1n) is 6.23. The minimum Gasteiger partial charge on any atom is -0.468 e. The molecule has 0 saturated heterocycles. The van der Waals surface area contributed by atoms with Gasteiger partial charge < -0.3 is 14.0 Å². The zero-order chi connectivity index (χ0) is 15.2. The summed E-state index contributed by atoms with van der Waals surface area (Å²) in [5.41, 5.74) is 0.447. The standard InChI is InChI=1S/C15H14F2NO3.Y/c1-20-10-21-12-7-5-11(6-8-12)13-3-2-4-15(19)18(13)9-14(16)17;/h2,4-8,14H,9-10H2,1H3;/q-1;. The summed E-state index contributed by atoms with van der Waals surface area (Å²) in [4.78, 5) is 11.7. The molecule has 4 nitrogen and oxygen atoms in total. The molecule has 1 aromatic heterocycles. The number of nitrogens with zero attached hydrogens (tertiary/aromatic N) is 1. The Morgan fingerprint density at radius 1 is 1.23 bits per heavy atom. The second-order valence-corrected chi connectivity index (χ2v) is 4.24. The van der Waals surface area contributed by atoms with E-state index in [1.54, 1.807) is 24.3 Å². The van der Waals surface area contributed by atoms with Crippen LogP contribution in [-0.4, -0.2) is 24.9 Å². The van der Waals surface area contributed by atoms with Gasteiger partial charge in [0.25, 0.3) is 6.43 Å². The molecule has 2 aromatic rings. The number of benzene rings is 1. The van der Waals surface area contributed by atoms with Crippen molar-refractivity contribution in [3.05, 3.63) is 52.8 Å². The van der Waals surface area contributed by atoms with Gasteiger partial charge in [-0.05, 0) is 12.1 Å². The fourth-order valence-corrected chi connectivity index (χ4v) is 1.86. The molecule has 0 unspecified atom stereocenters. The fourth-order valence-electron chi connectivity index (χ4n) is 1.86. The molecule has 0 aliphatic carbocycles. The number of hydrogen-bond donors (Lipinski definition) is 0. The van der Waals surface area contributed by atoms with Crippen LogP contribution in [0.5, 0.6) is 5.75 Å². The molecule has 22 heavy (non-hydrogen) atoms. The van der Waals surface area contributed by atoms with Crippen molar-refractivity contribution >= 4 is 0 Å². The largest absolute Gasteiger partial charge is 0.468 e. The van der Waals surface area contributed by atoms with Crippen LogP contribution >= 0.6 is 0 Å². The van der Waals surface area contributed by atoms with Gasteiger partial charge in [-0.1, -0.05) is 17.3 Å². The Balaban J connectivity index is 0.00000242. The SMILES string of the molecule is COCOc1ccc(-c2[c-]ccc(=O)n2CC(F)F)cc1.[Y]. The van der Waals surface area contributed by atoms with Gasteiger partial charge in [-0.2, -0.15) is 12.1 Å². The zero-order valence-electron chi connectivity index (χ0n) is 12.0. The molecule has 0 aliphatic heterocycles. The third-order valence-electron chi connectivity index (χ3n) is 2.77. The molecule has 0 bridgehead atoms. The maximum atomic E-state index is 12.6. The first-order chi connectivity index (χ1) is 10.1. The van der Waals surface area contributed by atoms with Crippen LogP contribution < -0.4 is 10.3 Å². The number of rotatable bonds is 6. The normalized spacial score (nSPS) is 10.4. The Hall–Kier alpha value is -1.11. The molecule has 1 aromatic carbocycles. The van der Waals surface area contributed by atoms with Gasteiger partial charge in [0.2, 0.25) is 0 Å². The van der Waals surface area contributed by atoms with Gasteiger partial charge in [-0.25, -0.2) is 8.78 Å². The summed E-state index contributed by atoms with van der Waals surface area (Å²) in [5.74, 6) is 0.583. The first-order valence-corrected chi connectivity index (χ1v) is 6.23. The van der Waals surface area contributed by atoms with Gasteiger partial charge in [-0.3, -0.25) is 4.79 Å². The molecular weight excluding hydrogens is 369 g/mol. The average molecular weight is 383 g/mol. The van der Waals surface area contributed by atoms with E-state index < -0.39 is 18.5 Å². The molecule has 0 N–H and O–H groups in total. The van der Waals surface area contributed by atoms with E-state index in [-0.39, 0.29) is 39.5 Å². The molecular formula is C15H14F2NO3Y-. The van der Waals surface area contributed by atoms with Crippen LogP contribution in [0.1, 0.15) is 0 Å². The van der Waals surface area contributed by atoms with Crippen LogP contribution in [0.25, 0.3) is 11.3 Å². The summed E-state index contributed by atoms with van der Waals surface area (Å²) in [7, 11) is 1.51. The van der Waals surface area contributed by atoms with E-state index in [0.717, 1.165) is 4.57 Å². The van der Waals surface area contributed by atoms with Crippen molar-refractivity contribution in [1.82, 2.24) is 4.57 Å². The summed E-state index contributed by atoms with van der Waals surface area (Å²) < 4.78 is 36.2. The molecule has 0 spiro atoms. The Morgan fingerprint density at radius 2 is 1.91 bits per heavy atom. The van der Waals surface area contributed by atoms with Crippen molar-refractivity contribution in [1.29, 1.82) is 0 Å². The van der Waals surface area contributed by atoms with Gasteiger partial charge in [0.1, 0.15) is 5.75 Å². The van der Waals surface area contributed by atoms with Gasteiger partial charge in [0, 0.05) is 39.8 Å². The summed E-state index contributed by atoms with van der Waals surface area (Å²) in [6, 6.07) is 12.2. The van der Waals surface area contributed by atoms with Crippen LogP contribution in [0, 0.1) is 6.07 Å². The Morgan fingerprint density at radius 3 is 2.50 bits per heavy atom. The monoisotopic (exact) mass is 383 g/mol. The van der Waals surface area contributed by atoms with E-state index in [1.165, 1.54) is 19.2 Å². The van der Waals surface area contributed by atoms with E-state index in [0.29, 0.717) is 17.0 Å². The van der Waals surface area contributed by atoms with Crippen molar-refractivity contribution in [2.75, 3.05) is 13.9 Å². The maximum absolute atomic E-state index is 12.6. The second kappa shape index (κ2) is 9.13. The molecule has 115 valence electrons. The summed E-state index contributed by atoms with van der Waals surface area (Å²) in [5, 5.41) is 0. The van der Waals surface area contributed by atoms with Crippen LogP contribution in [0.3, 0.4) is 0 Å². The smallest absolute Gasteiger partial charge is 0.256 e. The second-order valence-electron chi connectivity index (χ2n) is 4.24. The van der Waals surface area contributed by atoms with Crippen molar-refractivity contribution in [3.63, 3.8) is 0 Å². The number of ether oxygens (including phenoxy) is 2. The number of hydrogen-bond acceptors (Lipinski definition) is 3. The third-order valence-corrected chi connectivity index (χ3v) is 2.77. The molecule has 0 fully saturated rings. The molecule has 0 amide bonds. The number of pyridine rings is 1. The predicted octanol–water partition coefficient (Wildman–Crippen LogP) is 2.56. The van der Waals surface area contributed by atoms with Crippen molar-refractivity contribution in [2.45, 2.75) is 13.0 Å². The summed E-state index contributed by atoms with van der Waals surface area (Å²) in [6.07, 6.45) is -2.61. The van der Waals surface area contributed by atoms with Gasteiger partial charge in [0.05, 0.1) is 6.54 Å². The molecule has 0 saturated carbocycles. The average Bonchev–Trinajstić information content (AvgIpc) is 2.47. The number of aromatic nitrogens is 1. The molecule has 7 heteroatoms. The van der Waals surface area contributed by atoms with Crippen molar-refractivity contribution in [3.8, 4) is 17.0 Å². The Kier molecular flexibility index (Phi) is 7.86.